The van der Waals surface area contributed by atoms with Crippen LogP contribution < -0.4 is 4.74 Å². The van der Waals surface area contributed by atoms with Crippen molar-refractivity contribution < 1.29 is 4.74 Å². The lowest BCUT2D eigenvalue weighted by molar-refractivity contribution is 0.449. The number of fused-ring (bicyclic) bond motifs is 2. The summed E-state index contributed by atoms with van der Waals surface area (Å²) in [6, 6.07) is 14.4. The van der Waals surface area contributed by atoms with Crippen LogP contribution >= 0.6 is 15.9 Å². The van der Waals surface area contributed by atoms with Gasteiger partial charge in [-0.3, -0.25) is 0 Å². The molecule has 1 aliphatic heterocycles. The van der Waals surface area contributed by atoms with Gasteiger partial charge in [0.15, 0.2) is 0 Å². The molecule has 1 atom stereocenters. The molecule has 0 saturated carbocycles. The molecule has 0 bridgehead atoms. The maximum absolute atomic E-state index is 5.88. The number of rotatable bonds is 0. The molecule has 2 heteroatoms. The highest BCUT2D eigenvalue weighted by atomic mass is 79.9. The van der Waals surface area contributed by atoms with Crippen LogP contribution in [0.15, 0.2) is 46.9 Å². The number of para-hydroxylation sites is 1. The zero-order valence-electron chi connectivity index (χ0n) is 8.91. The number of benzene rings is 2. The lowest BCUT2D eigenvalue weighted by atomic mass is 9.90. The molecule has 1 heterocycles. The summed E-state index contributed by atoms with van der Waals surface area (Å²) in [6.45, 7) is 2.21. The molecule has 2 aromatic carbocycles. The van der Waals surface area contributed by atoms with Gasteiger partial charge in [0.2, 0.25) is 0 Å². The normalized spacial score (nSPS) is 17.2. The smallest absolute Gasteiger partial charge is 0.131 e. The van der Waals surface area contributed by atoms with Crippen molar-refractivity contribution in [2.24, 2.45) is 0 Å². The van der Waals surface area contributed by atoms with Crippen LogP contribution in [-0.4, -0.2) is 0 Å². The van der Waals surface area contributed by atoms with Crippen molar-refractivity contribution in [3.05, 3.63) is 58.1 Å². The Morgan fingerprint density at radius 3 is 2.62 bits per heavy atom. The van der Waals surface area contributed by atoms with Gasteiger partial charge in [0.25, 0.3) is 0 Å². The van der Waals surface area contributed by atoms with Crippen molar-refractivity contribution in [2.45, 2.75) is 12.8 Å². The van der Waals surface area contributed by atoms with Gasteiger partial charge in [-0.1, -0.05) is 41.1 Å². The Labute approximate surface area is 103 Å². The molecular formula is C14H11BrO. The van der Waals surface area contributed by atoms with Gasteiger partial charge in [-0.25, -0.2) is 0 Å². The minimum absolute atomic E-state index is 0.387. The maximum atomic E-state index is 5.88. The molecule has 1 aliphatic rings. The zero-order chi connectivity index (χ0) is 11.1. The van der Waals surface area contributed by atoms with Gasteiger partial charge in [0.1, 0.15) is 11.5 Å². The molecule has 0 aliphatic carbocycles. The average molecular weight is 275 g/mol. The SMILES string of the molecule is CC1c2ccccc2Oc2ccc(Br)cc21. The second-order valence-corrected chi connectivity index (χ2v) is 4.96. The minimum Gasteiger partial charge on any atom is -0.457 e. The van der Waals surface area contributed by atoms with Crippen LogP contribution in [0.2, 0.25) is 0 Å². The van der Waals surface area contributed by atoms with E-state index < -0.39 is 0 Å². The van der Waals surface area contributed by atoms with Gasteiger partial charge in [0, 0.05) is 21.5 Å². The Bertz CT molecular complexity index is 548. The van der Waals surface area contributed by atoms with Crippen LogP contribution in [-0.2, 0) is 0 Å². The summed E-state index contributed by atoms with van der Waals surface area (Å²) in [4.78, 5) is 0. The van der Waals surface area contributed by atoms with Gasteiger partial charge in [0.05, 0.1) is 0 Å². The maximum Gasteiger partial charge on any atom is 0.131 e. The first kappa shape index (κ1) is 9.91. The molecule has 16 heavy (non-hydrogen) atoms. The van der Waals surface area contributed by atoms with Crippen molar-refractivity contribution in [3.8, 4) is 11.5 Å². The highest BCUT2D eigenvalue weighted by Crippen LogP contribution is 2.44. The van der Waals surface area contributed by atoms with E-state index in [0.717, 1.165) is 16.0 Å². The van der Waals surface area contributed by atoms with Crippen molar-refractivity contribution in [3.63, 3.8) is 0 Å². The lowest BCUT2D eigenvalue weighted by Gasteiger charge is -2.25. The summed E-state index contributed by atoms with van der Waals surface area (Å²) in [6.07, 6.45) is 0. The molecule has 80 valence electrons. The second kappa shape index (κ2) is 3.63. The molecule has 3 rings (SSSR count). The Balaban J connectivity index is 2.19. The average Bonchev–Trinajstić information content (AvgIpc) is 2.31. The summed E-state index contributed by atoms with van der Waals surface area (Å²) < 4.78 is 6.98. The van der Waals surface area contributed by atoms with Gasteiger partial charge < -0.3 is 4.74 Å². The van der Waals surface area contributed by atoms with Crippen molar-refractivity contribution in [1.82, 2.24) is 0 Å². The number of ether oxygens (including phenoxy) is 1. The summed E-state index contributed by atoms with van der Waals surface area (Å²) in [7, 11) is 0. The lowest BCUT2D eigenvalue weighted by Crippen LogP contribution is -2.07. The van der Waals surface area contributed by atoms with Crippen LogP contribution in [0.5, 0.6) is 11.5 Å². The van der Waals surface area contributed by atoms with E-state index in [4.69, 9.17) is 4.74 Å². The topological polar surface area (TPSA) is 9.23 Å². The van der Waals surface area contributed by atoms with E-state index in [1.54, 1.807) is 0 Å². The second-order valence-electron chi connectivity index (χ2n) is 4.04. The Morgan fingerprint density at radius 2 is 1.75 bits per heavy atom. The first-order valence-corrected chi connectivity index (χ1v) is 6.11. The fourth-order valence-electron chi connectivity index (χ4n) is 2.17. The molecule has 2 aromatic rings. The number of halogens is 1. The molecule has 0 fully saturated rings. The Morgan fingerprint density at radius 1 is 1.00 bits per heavy atom. The summed E-state index contributed by atoms with van der Waals surface area (Å²) in [5.41, 5.74) is 2.50. The fraction of sp³-hybridized carbons (Fsp3) is 0.143. The molecule has 0 N–H and O–H groups in total. The van der Waals surface area contributed by atoms with Crippen LogP contribution in [0.4, 0.5) is 0 Å². The van der Waals surface area contributed by atoms with Crippen molar-refractivity contribution in [1.29, 1.82) is 0 Å². The number of hydrogen-bond acceptors (Lipinski definition) is 1. The fourth-order valence-corrected chi connectivity index (χ4v) is 2.55. The molecule has 0 radical (unpaired) electrons. The zero-order valence-corrected chi connectivity index (χ0v) is 10.5. The Kier molecular flexibility index (Phi) is 2.25. The molecule has 0 amide bonds. The molecule has 1 nitrogen and oxygen atoms in total. The van der Waals surface area contributed by atoms with E-state index in [1.807, 2.05) is 24.3 Å². The molecule has 1 unspecified atom stereocenters. The summed E-state index contributed by atoms with van der Waals surface area (Å²) >= 11 is 3.50. The van der Waals surface area contributed by atoms with E-state index in [1.165, 1.54) is 11.1 Å². The van der Waals surface area contributed by atoms with Gasteiger partial charge in [-0.05, 0) is 24.3 Å². The third-order valence-electron chi connectivity index (χ3n) is 3.04. The monoisotopic (exact) mass is 274 g/mol. The van der Waals surface area contributed by atoms with E-state index in [2.05, 4.69) is 41.1 Å². The van der Waals surface area contributed by atoms with Crippen LogP contribution in [0.1, 0.15) is 24.0 Å². The predicted molar refractivity (Wildman–Crippen MR) is 68.2 cm³/mol. The third kappa shape index (κ3) is 1.45. The molecule has 0 aromatic heterocycles. The van der Waals surface area contributed by atoms with E-state index in [-0.39, 0.29) is 0 Å². The summed E-state index contributed by atoms with van der Waals surface area (Å²) in [5, 5.41) is 0. The van der Waals surface area contributed by atoms with Gasteiger partial charge >= 0.3 is 0 Å². The minimum atomic E-state index is 0.387. The van der Waals surface area contributed by atoms with Crippen molar-refractivity contribution in [2.75, 3.05) is 0 Å². The number of hydrogen-bond donors (Lipinski definition) is 0. The van der Waals surface area contributed by atoms with E-state index >= 15 is 0 Å². The van der Waals surface area contributed by atoms with Gasteiger partial charge in [-0.2, -0.15) is 0 Å². The molecule has 0 saturated heterocycles. The van der Waals surface area contributed by atoms with Crippen LogP contribution in [0, 0.1) is 0 Å². The Hall–Kier alpha value is -1.28. The molecule has 0 spiro atoms. The third-order valence-corrected chi connectivity index (χ3v) is 3.54. The van der Waals surface area contributed by atoms with E-state index in [0.29, 0.717) is 5.92 Å². The highest BCUT2D eigenvalue weighted by Gasteiger charge is 2.23. The van der Waals surface area contributed by atoms with Gasteiger partial charge in [-0.15, -0.1) is 0 Å². The largest absolute Gasteiger partial charge is 0.457 e. The first-order chi connectivity index (χ1) is 7.75. The highest BCUT2D eigenvalue weighted by molar-refractivity contribution is 9.10. The molecular weight excluding hydrogens is 264 g/mol. The van der Waals surface area contributed by atoms with E-state index in [9.17, 15) is 0 Å². The predicted octanol–water partition coefficient (Wildman–Crippen LogP) is 4.71. The van der Waals surface area contributed by atoms with Crippen molar-refractivity contribution >= 4 is 15.9 Å². The van der Waals surface area contributed by atoms with Crippen LogP contribution in [0.3, 0.4) is 0 Å². The van der Waals surface area contributed by atoms with Crippen LogP contribution in [0.25, 0.3) is 0 Å². The first-order valence-electron chi connectivity index (χ1n) is 5.32. The standard InChI is InChI=1S/C14H11BrO/c1-9-11-4-2-3-5-13(11)16-14-7-6-10(15)8-12(9)14/h2-9H,1H3. The summed E-state index contributed by atoms with van der Waals surface area (Å²) in [5.74, 6) is 2.33. The quantitative estimate of drug-likeness (QED) is 0.676.